The zero-order chi connectivity index (χ0) is 14.4. The average Bonchev–Trinajstić information content (AvgIpc) is 2.83. The van der Waals surface area contributed by atoms with Gasteiger partial charge in [0.2, 0.25) is 0 Å². The van der Waals surface area contributed by atoms with E-state index in [1.54, 1.807) is 6.08 Å². The minimum Gasteiger partial charge on any atom is -0.504 e. The van der Waals surface area contributed by atoms with Crippen molar-refractivity contribution in [1.82, 2.24) is 4.90 Å². The highest BCUT2D eigenvalue weighted by Crippen LogP contribution is 2.65. The molecule has 1 unspecified atom stereocenters. The molecular weight excluding hydrogens is 266 g/mol. The topological polar surface area (TPSA) is 52.9 Å². The van der Waals surface area contributed by atoms with Crippen LogP contribution in [0.25, 0.3) is 0 Å². The molecule has 110 valence electrons. The van der Waals surface area contributed by atoms with Crippen LogP contribution in [0.4, 0.5) is 0 Å². The molecule has 3 aliphatic carbocycles. The molecule has 6 atom stereocenters. The van der Waals surface area contributed by atoms with Gasteiger partial charge in [0.25, 0.3) is 0 Å². The predicted molar refractivity (Wildman–Crippen MR) is 77.3 cm³/mol. The number of hydrogen-bond donors (Lipinski definition) is 2. The number of piperidine rings is 1. The molecule has 0 radical (unpaired) electrons. The largest absolute Gasteiger partial charge is 0.504 e. The number of ether oxygens (including phenoxy) is 1. The summed E-state index contributed by atoms with van der Waals surface area (Å²) in [5.74, 6) is 1.34. The minimum atomic E-state index is -0.587. The molecule has 2 heterocycles. The molecule has 2 fully saturated rings. The first-order chi connectivity index (χ1) is 10.1. The quantitative estimate of drug-likeness (QED) is 0.663. The highest BCUT2D eigenvalue weighted by atomic mass is 16.5. The van der Waals surface area contributed by atoms with E-state index < -0.39 is 6.10 Å². The number of aliphatic hydroxyl groups is 2. The number of aliphatic hydroxyl groups excluding tert-OH is 2. The number of likely N-dealkylation sites (tertiary alicyclic amines) is 1. The molecule has 0 aromatic rings. The van der Waals surface area contributed by atoms with Gasteiger partial charge in [-0.05, 0) is 31.7 Å². The molecule has 0 aromatic carbocycles. The van der Waals surface area contributed by atoms with Crippen molar-refractivity contribution in [3.63, 3.8) is 0 Å². The first-order valence-corrected chi connectivity index (χ1v) is 7.69. The third kappa shape index (κ3) is 1.21. The lowest BCUT2D eigenvalue weighted by Gasteiger charge is -2.57. The maximum absolute atomic E-state index is 10.4. The van der Waals surface area contributed by atoms with Crippen molar-refractivity contribution in [2.45, 2.75) is 24.7 Å². The number of hydrogen-bond acceptors (Lipinski definition) is 4. The lowest BCUT2D eigenvalue weighted by molar-refractivity contribution is -0.0899. The Balaban J connectivity index is 1.81. The molecule has 0 saturated carbocycles. The van der Waals surface area contributed by atoms with Gasteiger partial charge in [0.1, 0.15) is 18.0 Å². The van der Waals surface area contributed by atoms with E-state index in [4.69, 9.17) is 4.74 Å². The van der Waals surface area contributed by atoms with Gasteiger partial charge >= 0.3 is 0 Å². The molecule has 4 nitrogen and oxygen atoms in total. The van der Waals surface area contributed by atoms with Crippen LogP contribution in [0, 0.1) is 17.3 Å². The standard InChI is InChI=1S/C17H19NO3/c1-18-7-6-17-10-3-5-13(20)16(17)21-15-12(19)4-2-9(14(15)17)8-11(10)18/h2-5,8,10-11,13-14,16,19-20H,6-7H2,1H3/t10-,11+,13-,14?,16-,17-/m0/s1. The summed E-state index contributed by atoms with van der Waals surface area (Å²) in [7, 11) is 2.17. The van der Waals surface area contributed by atoms with Crippen LogP contribution in [0.2, 0.25) is 0 Å². The molecule has 2 bridgehead atoms. The third-order valence-electron chi connectivity index (χ3n) is 6.19. The SMILES string of the molecule is CN1CC[C@@]23C4C5=C[C@@H]1[C@@H]2C=C[C@H](O)[C@@H]3OC4=C(O)C=C5. The van der Waals surface area contributed by atoms with E-state index in [-0.39, 0.29) is 23.2 Å². The van der Waals surface area contributed by atoms with Crippen molar-refractivity contribution in [2.24, 2.45) is 17.3 Å². The van der Waals surface area contributed by atoms with Crippen LogP contribution in [-0.2, 0) is 4.74 Å². The minimum absolute atomic E-state index is 0.0991. The molecule has 2 N–H and O–H groups in total. The van der Waals surface area contributed by atoms with E-state index in [1.165, 1.54) is 5.57 Å². The van der Waals surface area contributed by atoms with Crippen molar-refractivity contribution >= 4 is 0 Å². The van der Waals surface area contributed by atoms with E-state index in [2.05, 4.69) is 24.1 Å². The number of allylic oxidation sites excluding steroid dienone is 3. The highest BCUT2D eigenvalue weighted by molar-refractivity contribution is 5.49. The van der Waals surface area contributed by atoms with Gasteiger partial charge in [0.15, 0.2) is 5.76 Å². The summed E-state index contributed by atoms with van der Waals surface area (Å²) in [5.41, 5.74) is 1.13. The van der Waals surface area contributed by atoms with Crippen molar-refractivity contribution in [3.8, 4) is 0 Å². The van der Waals surface area contributed by atoms with Gasteiger partial charge in [-0.25, -0.2) is 0 Å². The van der Waals surface area contributed by atoms with Crippen LogP contribution < -0.4 is 0 Å². The smallest absolute Gasteiger partial charge is 0.153 e. The van der Waals surface area contributed by atoms with E-state index in [1.807, 2.05) is 12.2 Å². The first kappa shape index (κ1) is 12.1. The van der Waals surface area contributed by atoms with Crippen molar-refractivity contribution in [1.29, 1.82) is 0 Å². The Labute approximate surface area is 123 Å². The van der Waals surface area contributed by atoms with E-state index in [9.17, 15) is 10.2 Å². The summed E-state index contributed by atoms with van der Waals surface area (Å²) in [5, 5.41) is 20.7. The summed E-state index contributed by atoms with van der Waals surface area (Å²) in [6, 6.07) is 0.351. The summed E-state index contributed by atoms with van der Waals surface area (Å²) in [6.07, 6.45) is 10.3. The van der Waals surface area contributed by atoms with E-state index in [0.717, 1.165) is 13.0 Å². The lowest BCUT2D eigenvalue weighted by atomic mass is 9.51. The fraction of sp³-hybridized carbons (Fsp3) is 0.529. The second-order valence-corrected chi connectivity index (χ2v) is 6.96. The Morgan fingerprint density at radius 3 is 3.05 bits per heavy atom. The van der Waals surface area contributed by atoms with Gasteiger partial charge in [0, 0.05) is 17.4 Å². The molecule has 5 aliphatic rings. The Morgan fingerprint density at radius 2 is 2.19 bits per heavy atom. The monoisotopic (exact) mass is 285 g/mol. The average molecular weight is 285 g/mol. The zero-order valence-electron chi connectivity index (χ0n) is 11.9. The highest BCUT2D eigenvalue weighted by Gasteiger charge is 2.67. The van der Waals surface area contributed by atoms with Crippen molar-refractivity contribution < 1.29 is 14.9 Å². The lowest BCUT2D eigenvalue weighted by Crippen LogP contribution is -2.62. The Bertz CT molecular complexity index is 646. The molecule has 5 rings (SSSR count). The normalized spacial score (nSPS) is 49.8. The van der Waals surface area contributed by atoms with Crippen LogP contribution in [0.15, 0.2) is 47.5 Å². The Hall–Kier alpha value is -1.52. The maximum atomic E-state index is 10.4. The number of nitrogens with zero attached hydrogens (tertiary/aromatic N) is 1. The zero-order valence-corrected chi connectivity index (χ0v) is 11.9. The molecule has 2 saturated heterocycles. The molecule has 21 heavy (non-hydrogen) atoms. The maximum Gasteiger partial charge on any atom is 0.153 e. The van der Waals surface area contributed by atoms with Crippen molar-refractivity contribution in [2.75, 3.05) is 13.6 Å². The van der Waals surface area contributed by atoms with Crippen LogP contribution in [-0.4, -0.2) is 47.0 Å². The molecule has 0 aromatic heterocycles. The molecule has 4 heteroatoms. The van der Waals surface area contributed by atoms with Crippen LogP contribution in [0.1, 0.15) is 6.42 Å². The van der Waals surface area contributed by atoms with Crippen LogP contribution in [0.3, 0.4) is 0 Å². The summed E-state index contributed by atoms with van der Waals surface area (Å²) < 4.78 is 6.10. The van der Waals surface area contributed by atoms with Gasteiger partial charge in [0.05, 0.1) is 5.92 Å². The second kappa shape index (κ2) is 3.62. The third-order valence-corrected chi connectivity index (χ3v) is 6.19. The summed E-state index contributed by atoms with van der Waals surface area (Å²) in [4.78, 5) is 2.39. The molecule has 0 amide bonds. The fourth-order valence-electron chi connectivity index (χ4n) is 5.29. The van der Waals surface area contributed by atoms with E-state index in [0.29, 0.717) is 17.7 Å². The fourth-order valence-corrected chi connectivity index (χ4v) is 5.29. The first-order valence-electron chi connectivity index (χ1n) is 7.69. The van der Waals surface area contributed by atoms with Gasteiger partial charge in [-0.15, -0.1) is 0 Å². The van der Waals surface area contributed by atoms with Gasteiger partial charge in [-0.3, -0.25) is 4.90 Å². The number of likely N-dealkylation sites (N-methyl/N-ethyl adjacent to an activating group) is 1. The van der Waals surface area contributed by atoms with Crippen LogP contribution in [0.5, 0.6) is 0 Å². The molecule has 2 aliphatic heterocycles. The Kier molecular flexibility index (Phi) is 2.08. The predicted octanol–water partition coefficient (Wildman–Crippen LogP) is 1.52. The van der Waals surface area contributed by atoms with Gasteiger partial charge < -0.3 is 14.9 Å². The second-order valence-electron chi connectivity index (χ2n) is 6.96. The number of rotatable bonds is 0. The summed E-state index contributed by atoms with van der Waals surface area (Å²) >= 11 is 0. The van der Waals surface area contributed by atoms with Gasteiger partial charge in [-0.2, -0.15) is 0 Å². The Morgan fingerprint density at radius 1 is 1.33 bits per heavy atom. The van der Waals surface area contributed by atoms with E-state index >= 15 is 0 Å². The molecular formula is C17H19NO3. The van der Waals surface area contributed by atoms with Gasteiger partial charge in [-0.1, -0.05) is 24.3 Å². The van der Waals surface area contributed by atoms with Crippen molar-refractivity contribution in [3.05, 3.63) is 47.5 Å². The molecule has 1 spiro atoms. The summed E-state index contributed by atoms with van der Waals surface area (Å²) in [6.45, 7) is 1.000. The van der Waals surface area contributed by atoms with Crippen LogP contribution >= 0.6 is 0 Å².